The first-order valence-corrected chi connectivity index (χ1v) is 12.1. The Morgan fingerprint density at radius 1 is 1.17 bits per heavy atom. The number of rotatable bonds is 5. The van der Waals surface area contributed by atoms with Gasteiger partial charge >= 0.3 is 12.1 Å². The summed E-state index contributed by atoms with van der Waals surface area (Å²) in [7, 11) is 1.63. The van der Waals surface area contributed by atoms with E-state index in [2.05, 4.69) is 4.98 Å². The number of aryl methyl sites for hydroxylation is 2. The van der Waals surface area contributed by atoms with Crippen LogP contribution in [0, 0.1) is 12.8 Å². The third kappa shape index (κ3) is 5.18. The van der Waals surface area contributed by atoms with Crippen LogP contribution in [0.1, 0.15) is 52.1 Å². The second kappa shape index (κ2) is 9.94. The molecule has 36 heavy (non-hydrogen) atoms. The van der Waals surface area contributed by atoms with Crippen LogP contribution >= 0.6 is 23.2 Å². The molecule has 0 aliphatic carbocycles. The van der Waals surface area contributed by atoms with Crippen LogP contribution in [-0.2, 0) is 24.4 Å². The number of amides is 1. The van der Waals surface area contributed by atoms with E-state index in [4.69, 9.17) is 28.3 Å². The molecule has 3 aromatic rings. The third-order valence-corrected chi connectivity index (χ3v) is 7.50. The standard InChI is InChI=1S/C25H24Cl2F3N3O3/c1-13-9-15(25(28,29)30)11-19-23(13)31-20(32(19)2)12-17-18(26)4-3-16(22(17)27)24(36)33-7-5-14(6-8-33)10-21(34)35/h3-4,9,11,14H,5-8,10,12H2,1-2H3,(H,34,35). The number of carboxylic acids is 1. The van der Waals surface area contributed by atoms with Crippen LogP contribution in [0.25, 0.3) is 11.0 Å². The summed E-state index contributed by atoms with van der Waals surface area (Å²) in [4.78, 5) is 30.4. The van der Waals surface area contributed by atoms with E-state index in [1.807, 2.05) is 0 Å². The molecule has 1 aliphatic heterocycles. The van der Waals surface area contributed by atoms with Gasteiger partial charge in [-0.15, -0.1) is 0 Å². The molecule has 0 spiro atoms. The molecule has 2 aromatic carbocycles. The lowest BCUT2D eigenvalue weighted by Crippen LogP contribution is -2.39. The number of imidazole rings is 1. The van der Waals surface area contributed by atoms with Crippen LogP contribution < -0.4 is 0 Å². The maximum absolute atomic E-state index is 13.3. The first kappa shape index (κ1) is 26.3. The highest BCUT2D eigenvalue weighted by Gasteiger charge is 2.32. The van der Waals surface area contributed by atoms with Gasteiger partial charge in [-0.3, -0.25) is 9.59 Å². The summed E-state index contributed by atoms with van der Waals surface area (Å²) in [5.41, 5.74) is 1.15. The van der Waals surface area contributed by atoms with Crippen molar-refractivity contribution in [3.63, 3.8) is 0 Å². The number of carbonyl (C=O) groups is 2. The molecule has 1 saturated heterocycles. The number of piperidine rings is 1. The van der Waals surface area contributed by atoms with Crippen molar-refractivity contribution in [2.45, 2.75) is 38.8 Å². The molecule has 6 nitrogen and oxygen atoms in total. The average molecular weight is 542 g/mol. The molecule has 0 radical (unpaired) electrons. The van der Waals surface area contributed by atoms with Gasteiger partial charge in [-0.05, 0) is 61.1 Å². The minimum Gasteiger partial charge on any atom is -0.481 e. The molecule has 0 saturated carbocycles. The number of carboxylic acid groups (broad SMARTS) is 1. The molecule has 11 heteroatoms. The number of aliphatic carboxylic acids is 1. The number of fused-ring (bicyclic) bond motifs is 1. The first-order valence-electron chi connectivity index (χ1n) is 11.4. The Labute approximate surface area is 215 Å². The van der Waals surface area contributed by atoms with E-state index in [-0.39, 0.29) is 35.3 Å². The zero-order valence-corrected chi connectivity index (χ0v) is 21.1. The third-order valence-electron chi connectivity index (χ3n) is 6.71. The normalized spacial score (nSPS) is 15.0. The van der Waals surface area contributed by atoms with Crippen LogP contribution in [0.4, 0.5) is 13.2 Å². The molecule has 192 valence electrons. The molecule has 2 heterocycles. The van der Waals surface area contributed by atoms with E-state index < -0.39 is 17.7 Å². The molecule has 1 fully saturated rings. The number of hydrogen-bond acceptors (Lipinski definition) is 3. The van der Waals surface area contributed by atoms with Gasteiger partial charge < -0.3 is 14.6 Å². The van der Waals surface area contributed by atoms with Gasteiger partial charge in [-0.2, -0.15) is 13.2 Å². The fourth-order valence-corrected chi connectivity index (χ4v) is 5.25. The average Bonchev–Trinajstić information content (AvgIpc) is 3.12. The van der Waals surface area contributed by atoms with Crippen molar-refractivity contribution in [1.29, 1.82) is 0 Å². The van der Waals surface area contributed by atoms with Crippen LogP contribution in [0.3, 0.4) is 0 Å². The van der Waals surface area contributed by atoms with Crippen LogP contribution in [0.2, 0.25) is 10.0 Å². The number of carbonyl (C=O) groups excluding carboxylic acids is 1. The SMILES string of the molecule is Cc1cc(C(F)(F)F)cc2c1nc(Cc1c(Cl)ccc(C(=O)N3CCC(CC(=O)O)CC3)c1Cl)n2C. The quantitative estimate of drug-likeness (QED) is 0.421. The van der Waals surface area contributed by atoms with Crippen molar-refractivity contribution in [1.82, 2.24) is 14.5 Å². The lowest BCUT2D eigenvalue weighted by Gasteiger charge is -2.31. The van der Waals surface area contributed by atoms with Crippen molar-refractivity contribution in [2.24, 2.45) is 13.0 Å². The van der Waals surface area contributed by atoms with E-state index in [1.165, 1.54) is 0 Å². The molecule has 0 atom stereocenters. The minimum absolute atomic E-state index is 0.0293. The summed E-state index contributed by atoms with van der Waals surface area (Å²) in [5, 5.41) is 9.48. The number of aromatic nitrogens is 2. The Bertz CT molecular complexity index is 1350. The van der Waals surface area contributed by atoms with E-state index in [1.54, 1.807) is 35.6 Å². The van der Waals surface area contributed by atoms with Gasteiger partial charge in [-0.1, -0.05) is 23.2 Å². The molecule has 1 amide bonds. The number of likely N-dealkylation sites (tertiary alicyclic amines) is 1. The Balaban J connectivity index is 1.62. The Kier molecular flexibility index (Phi) is 7.26. The molecule has 4 rings (SSSR count). The van der Waals surface area contributed by atoms with Gasteiger partial charge in [0, 0.05) is 38.0 Å². The predicted molar refractivity (Wildman–Crippen MR) is 131 cm³/mol. The molecular weight excluding hydrogens is 518 g/mol. The molecular formula is C25H24Cl2F3N3O3. The summed E-state index contributed by atoms with van der Waals surface area (Å²) >= 11 is 13.1. The topological polar surface area (TPSA) is 75.4 Å². The molecule has 0 unspecified atom stereocenters. The largest absolute Gasteiger partial charge is 0.481 e. The highest BCUT2D eigenvalue weighted by molar-refractivity contribution is 6.38. The van der Waals surface area contributed by atoms with Crippen molar-refractivity contribution < 1.29 is 27.9 Å². The maximum atomic E-state index is 13.3. The van der Waals surface area contributed by atoms with Crippen molar-refractivity contribution in [2.75, 3.05) is 13.1 Å². The summed E-state index contributed by atoms with van der Waals surface area (Å²) in [5.74, 6) is -0.642. The predicted octanol–water partition coefficient (Wildman–Crippen LogP) is 6.13. The smallest absolute Gasteiger partial charge is 0.416 e. The van der Waals surface area contributed by atoms with Crippen molar-refractivity contribution >= 4 is 46.1 Å². The molecule has 1 aliphatic rings. The summed E-state index contributed by atoms with van der Waals surface area (Å²) in [6, 6.07) is 5.26. The zero-order chi connectivity index (χ0) is 26.4. The van der Waals surface area contributed by atoms with Crippen LogP contribution in [0.5, 0.6) is 0 Å². The maximum Gasteiger partial charge on any atom is 0.416 e. The summed E-state index contributed by atoms with van der Waals surface area (Å²) < 4.78 is 41.5. The van der Waals surface area contributed by atoms with Gasteiger partial charge in [0.05, 0.1) is 27.2 Å². The molecule has 1 aromatic heterocycles. The van der Waals surface area contributed by atoms with Gasteiger partial charge in [-0.25, -0.2) is 4.98 Å². The summed E-state index contributed by atoms with van der Waals surface area (Å²) in [6.07, 6.45) is -3.10. The van der Waals surface area contributed by atoms with E-state index in [9.17, 15) is 22.8 Å². The fourth-order valence-electron chi connectivity index (χ4n) is 4.67. The fraction of sp³-hybridized carbons (Fsp3) is 0.400. The Morgan fingerprint density at radius 3 is 2.44 bits per heavy atom. The highest BCUT2D eigenvalue weighted by Crippen LogP contribution is 2.35. The lowest BCUT2D eigenvalue weighted by molar-refractivity contribution is -0.139. The van der Waals surface area contributed by atoms with Gasteiger partial charge in [0.15, 0.2) is 0 Å². The van der Waals surface area contributed by atoms with Crippen molar-refractivity contribution in [3.8, 4) is 0 Å². The van der Waals surface area contributed by atoms with Gasteiger partial charge in [0.1, 0.15) is 5.82 Å². The first-order chi connectivity index (χ1) is 16.9. The van der Waals surface area contributed by atoms with E-state index in [0.717, 1.165) is 12.1 Å². The number of nitrogens with zero attached hydrogens (tertiary/aromatic N) is 3. The second-order valence-electron chi connectivity index (χ2n) is 9.14. The number of halogens is 5. The van der Waals surface area contributed by atoms with Crippen LogP contribution in [0.15, 0.2) is 24.3 Å². The van der Waals surface area contributed by atoms with E-state index >= 15 is 0 Å². The number of alkyl halides is 3. The van der Waals surface area contributed by atoms with Gasteiger partial charge in [0.2, 0.25) is 0 Å². The van der Waals surface area contributed by atoms with Crippen LogP contribution in [-0.4, -0.2) is 44.5 Å². The molecule has 1 N–H and O–H groups in total. The second-order valence-corrected chi connectivity index (χ2v) is 9.93. The Hall–Kier alpha value is -2.78. The molecule has 0 bridgehead atoms. The van der Waals surface area contributed by atoms with E-state index in [0.29, 0.717) is 58.9 Å². The number of hydrogen-bond donors (Lipinski definition) is 1. The zero-order valence-electron chi connectivity index (χ0n) is 19.6. The van der Waals surface area contributed by atoms with Gasteiger partial charge in [0.25, 0.3) is 5.91 Å². The van der Waals surface area contributed by atoms with Crippen molar-refractivity contribution in [3.05, 3.63) is 62.4 Å². The minimum atomic E-state index is -4.48. The highest BCUT2D eigenvalue weighted by atomic mass is 35.5. The lowest BCUT2D eigenvalue weighted by atomic mass is 9.93. The summed E-state index contributed by atoms with van der Waals surface area (Å²) in [6.45, 7) is 2.43. The Morgan fingerprint density at radius 2 is 1.83 bits per heavy atom. The number of benzene rings is 2. The monoisotopic (exact) mass is 541 g/mol.